The monoisotopic (exact) mass is 228 g/mol. The molecule has 0 saturated carbocycles. The number of hydrogen-bond donors (Lipinski definition) is 1. The molecule has 0 aliphatic carbocycles. The minimum absolute atomic E-state index is 0.273. The standard InChI is InChI=1S/C9H6ClFN2S/c10-9-12-5-8(14-9)13-7-3-1-2-6(11)4-7/h1-5,13H. The van der Waals surface area contributed by atoms with E-state index in [9.17, 15) is 4.39 Å². The van der Waals surface area contributed by atoms with E-state index in [1.54, 1.807) is 18.3 Å². The van der Waals surface area contributed by atoms with E-state index in [1.807, 2.05) is 0 Å². The summed E-state index contributed by atoms with van der Waals surface area (Å²) in [6.45, 7) is 0. The van der Waals surface area contributed by atoms with E-state index >= 15 is 0 Å². The van der Waals surface area contributed by atoms with Gasteiger partial charge in [0.2, 0.25) is 0 Å². The van der Waals surface area contributed by atoms with Crippen LogP contribution in [-0.2, 0) is 0 Å². The molecule has 2 nitrogen and oxygen atoms in total. The molecule has 2 aromatic rings. The molecule has 14 heavy (non-hydrogen) atoms. The molecule has 0 fully saturated rings. The van der Waals surface area contributed by atoms with Crippen LogP contribution in [0.25, 0.3) is 0 Å². The number of rotatable bonds is 2. The van der Waals surface area contributed by atoms with Crippen LogP contribution in [0.15, 0.2) is 30.5 Å². The molecule has 0 saturated heterocycles. The Labute approximate surface area is 89.4 Å². The van der Waals surface area contributed by atoms with Crippen molar-refractivity contribution in [2.45, 2.75) is 0 Å². The molecule has 0 radical (unpaired) electrons. The van der Waals surface area contributed by atoms with Gasteiger partial charge in [-0.2, -0.15) is 0 Å². The third-order valence-electron chi connectivity index (χ3n) is 1.57. The van der Waals surface area contributed by atoms with Crippen LogP contribution >= 0.6 is 22.9 Å². The van der Waals surface area contributed by atoms with Crippen LogP contribution in [0.3, 0.4) is 0 Å². The quantitative estimate of drug-likeness (QED) is 0.848. The summed E-state index contributed by atoms with van der Waals surface area (Å²) in [6, 6.07) is 6.22. The van der Waals surface area contributed by atoms with Gasteiger partial charge in [-0.05, 0) is 18.2 Å². The molecule has 0 bridgehead atoms. The second kappa shape index (κ2) is 3.94. The number of nitrogens with one attached hydrogen (secondary N) is 1. The van der Waals surface area contributed by atoms with Crippen LogP contribution in [0, 0.1) is 5.82 Å². The van der Waals surface area contributed by atoms with Crippen LogP contribution in [0.4, 0.5) is 15.1 Å². The summed E-state index contributed by atoms with van der Waals surface area (Å²) in [5.74, 6) is -0.273. The van der Waals surface area contributed by atoms with Crippen molar-refractivity contribution in [2.24, 2.45) is 0 Å². The molecule has 1 aromatic heterocycles. The first-order valence-electron chi connectivity index (χ1n) is 3.88. The van der Waals surface area contributed by atoms with E-state index in [-0.39, 0.29) is 5.82 Å². The maximum atomic E-state index is 12.8. The first-order chi connectivity index (χ1) is 6.74. The van der Waals surface area contributed by atoms with Crippen molar-refractivity contribution in [3.8, 4) is 0 Å². The van der Waals surface area contributed by atoms with Gasteiger partial charge in [0.05, 0.1) is 6.20 Å². The summed E-state index contributed by atoms with van der Waals surface area (Å²) in [7, 11) is 0. The maximum Gasteiger partial charge on any atom is 0.185 e. The minimum Gasteiger partial charge on any atom is -0.346 e. The van der Waals surface area contributed by atoms with Gasteiger partial charge in [0.25, 0.3) is 0 Å². The molecular formula is C9H6ClFN2S. The van der Waals surface area contributed by atoms with E-state index in [0.717, 1.165) is 5.00 Å². The highest BCUT2D eigenvalue weighted by atomic mass is 35.5. The van der Waals surface area contributed by atoms with Crippen molar-refractivity contribution in [3.63, 3.8) is 0 Å². The number of nitrogens with zero attached hydrogens (tertiary/aromatic N) is 1. The highest BCUT2D eigenvalue weighted by molar-refractivity contribution is 7.19. The fourth-order valence-corrected chi connectivity index (χ4v) is 1.88. The van der Waals surface area contributed by atoms with E-state index in [1.165, 1.54) is 23.5 Å². The molecule has 0 atom stereocenters. The molecule has 0 aliphatic rings. The smallest absolute Gasteiger partial charge is 0.185 e. The van der Waals surface area contributed by atoms with E-state index in [4.69, 9.17) is 11.6 Å². The summed E-state index contributed by atoms with van der Waals surface area (Å²) >= 11 is 6.96. The SMILES string of the molecule is Fc1cccc(Nc2cnc(Cl)s2)c1. The van der Waals surface area contributed by atoms with E-state index in [2.05, 4.69) is 10.3 Å². The van der Waals surface area contributed by atoms with Crippen molar-refractivity contribution in [3.05, 3.63) is 40.7 Å². The van der Waals surface area contributed by atoms with Gasteiger partial charge >= 0.3 is 0 Å². The number of thiazole rings is 1. The van der Waals surface area contributed by atoms with Gasteiger partial charge in [-0.1, -0.05) is 29.0 Å². The van der Waals surface area contributed by atoms with Gasteiger partial charge in [-0.3, -0.25) is 0 Å². The average Bonchev–Trinajstić information content (AvgIpc) is 2.51. The zero-order valence-electron chi connectivity index (χ0n) is 7.00. The van der Waals surface area contributed by atoms with Crippen LogP contribution < -0.4 is 5.32 Å². The topological polar surface area (TPSA) is 24.9 Å². The van der Waals surface area contributed by atoms with E-state index in [0.29, 0.717) is 10.2 Å². The number of aromatic nitrogens is 1. The van der Waals surface area contributed by atoms with E-state index < -0.39 is 0 Å². The third kappa shape index (κ3) is 2.21. The lowest BCUT2D eigenvalue weighted by Gasteiger charge is -2.01. The molecule has 0 aliphatic heterocycles. The minimum atomic E-state index is -0.273. The Balaban J connectivity index is 2.18. The van der Waals surface area contributed by atoms with Gasteiger partial charge in [0, 0.05) is 5.69 Å². The number of benzene rings is 1. The van der Waals surface area contributed by atoms with Gasteiger partial charge in [0.1, 0.15) is 10.8 Å². The fourth-order valence-electron chi connectivity index (χ4n) is 1.02. The normalized spacial score (nSPS) is 10.1. The number of hydrogen-bond acceptors (Lipinski definition) is 3. The summed E-state index contributed by atoms with van der Waals surface area (Å²) in [5.41, 5.74) is 0.685. The Morgan fingerprint density at radius 2 is 2.29 bits per heavy atom. The molecule has 1 heterocycles. The Morgan fingerprint density at radius 3 is 2.93 bits per heavy atom. The molecule has 0 unspecified atom stereocenters. The highest BCUT2D eigenvalue weighted by Crippen LogP contribution is 2.26. The molecule has 0 amide bonds. The molecule has 1 aromatic carbocycles. The highest BCUT2D eigenvalue weighted by Gasteiger charge is 2.00. The second-order valence-corrected chi connectivity index (χ2v) is 4.23. The summed E-state index contributed by atoms with van der Waals surface area (Å²) < 4.78 is 13.3. The first-order valence-corrected chi connectivity index (χ1v) is 5.07. The second-order valence-electron chi connectivity index (χ2n) is 2.61. The van der Waals surface area contributed by atoms with Crippen molar-refractivity contribution in [1.82, 2.24) is 4.98 Å². The van der Waals surface area contributed by atoms with Crippen LogP contribution in [0.2, 0.25) is 4.47 Å². The lowest BCUT2D eigenvalue weighted by atomic mass is 10.3. The Bertz CT molecular complexity index is 444. The Hall–Kier alpha value is -1.13. The Kier molecular flexibility index (Phi) is 2.65. The fraction of sp³-hybridized carbons (Fsp3) is 0. The molecule has 1 N–H and O–H groups in total. The predicted molar refractivity (Wildman–Crippen MR) is 56.8 cm³/mol. The van der Waals surface area contributed by atoms with Crippen molar-refractivity contribution >= 4 is 33.6 Å². The maximum absolute atomic E-state index is 12.8. The number of anilines is 2. The summed E-state index contributed by atoms with van der Waals surface area (Å²) in [4.78, 5) is 3.86. The van der Waals surface area contributed by atoms with Crippen molar-refractivity contribution in [1.29, 1.82) is 0 Å². The molecule has 72 valence electrons. The van der Waals surface area contributed by atoms with Gasteiger partial charge in [0.15, 0.2) is 4.47 Å². The lowest BCUT2D eigenvalue weighted by Crippen LogP contribution is -1.87. The van der Waals surface area contributed by atoms with Gasteiger partial charge < -0.3 is 5.32 Å². The summed E-state index contributed by atoms with van der Waals surface area (Å²) in [5, 5.41) is 3.79. The average molecular weight is 229 g/mol. The number of halogens is 2. The zero-order chi connectivity index (χ0) is 9.97. The third-order valence-corrected chi connectivity index (χ3v) is 2.60. The first kappa shape index (κ1) is 9.43. The largest absolute Gasteiger partial charge is 0.346 e. The van der Waals surface area contributed by atoms with Crippen LogP contribution in [0.5, 0.6) is 0 Å². The van der Waals surface area contributed by atoms with Crippen LogP contribution in [0.1, 0.15) is 0 Å². The molecule has 0 spiro atoms. The molecule has 2 rings (SSSR count). The van der Waals surface area contributed by atoms with Crippen molar-refractivity contribution < 1.29 is 4.39 Å². The molecular weight excluding hydrogens is 223 g/mol. The van der Waals surface area contributed by atoms with Crippen LogP contribution in [-0.4, -0.2) is 4.98 Å². The van der Waals surface area contributed by atoms with Gasteiger partial charge in [-0.25, -0.2) is 9.37 Å². The lowest BCUT2D eigenvalue weighted by molar-refractivity contribution is 0.628. The van der Waals surface area contributed by atoms with Gasteiger partial charge in [-0.15, -0.1) is 0 Å². The molecule has 5 heteroatoms. The zero-order valence-corrected chi connectivity index (χ0v) is 8.57. The predicted octanol–water partition coefficient (Wildman–Crippen LogP) is 3.68. The summed E-state index contributed by atoms with van der Waals surface area (Å²) in [6.07, 6.45) is 1.61. The van der Waals surface area contributed by atoms with Crippen molar-refractivity contribution in [2.75, 3.05) is 5.32 Å². The Morgan fingerprint density at radius 1 is 1.43 bits per heavy atom.